The Kier molecular flexibility index (Phi) is 12.9. The smallest absolute Gasteiger partial charge is 0.173 e. The molecule has 1 heterocycles. The molecule has 5 rings (SSSR count). The number of aromatic hydroxyl groups is 2. The van der Waals surface area contributed by atoms with Crippen LogP contribution in [0.1, 0.15) is 68.1 Å². The van der Waals surface area contributed by atoms with Gasteiger partial charge in [0.25, 0.3) is 0 Å². The van der Waals surface area contributed by atoms with Crippen LogP contribution >= 0.6 is 11.3 Å². The van der Waals surface area contributed by atoms with Crippen molar-refractivity contribution in [2.45, 2.75) is 59.3 Å². The summed E-state index contributed by atoms with van der Waals surface area (Å²) in [5.41, 5.74) is 7.84. The van der Waals surface area contributed by atoms with E-state index in [0.717, 1.165) is 33.6 Å². The van der Waals surface area contributed by atoms with Crippen LogP contribution in [0.2, 0.25) is 0 Å². The third-order valence-electron chi connectivity index (χ3n) is 6.35. The van der Waals surface area contributed by atoms with Crippen LogP contribution < -0.4 is 5.73 Å². The third kappa shape index (κ3) is 9.03. The highest BCUT2D eigenvalue weighted by molar-refractivity contribution is 7.21. The number of benzene rings is 3. The molecule has 1 aromatic heterocycles. The number of aryl methyl sites for hydroxylation is 1. The Hall–Kier alpha value is -3.15. The number of Topliss-reactive ketones (excluding diaryl/α,β-unsaturated/α-hetero) is 1. The van der Waals surface area contributed by atoms with Gasteiger partial charge in [-0.3, -0.25) is 4.79 Å². The maximum atomic E-state index is 11.1. The van der Waals surface area contributed by atoms with Gasteiger partial charge in [0, 0.05) is 17.0 Å². The quantitative estimate of drug-likeness (QED) is 0.237. The van der Waals surface area contributed by atoms with Gasteiger partial charge in [-0.15, -0.1) is 11.3 Å². The molecule has 37 heavy (non-hydrogen) atoms. The van der Waals surface area contributed by atoms with Crippen molar-refractivity contribution in [1.29, 1.82) is 0 Å². The van der Waals surface area contributed by atoms with Crippen molar-refractivity contribution in [3.05, 3.63) is 83.2 Å². The molecular formula is C32H41NO3S. The second-order valence-electron chi connectivity index (χ2n) is 9.14. The number of ketones is 1. The van der Waals surface area contributed by atoms with Crippen LogP contribution in [-0.4, -0.2) is 23.0 Å². The molecule has 4 aromatic rings. The summed E-state index contributed by atoms with van der Waals surface area (Å²) >= 11 is 1.33. The van der Waals surface area contributed by atoms with E-state index in [9.17, 15) is 15.0 Å². The molecule has 1 saturated carbocycles. The molecule has 0 saturated heterocycles. The van der Waals surface area contributed by atoms with E-state index in [1.54, 1.807) is 6.07 Å². The van der Waals surface area contributed by atoms with E-state index in [1.807, 2.05) is 61.5 Å². The molecule has 0 spiro atoms. The lowest BCUT2D eigenvalue weighted by Crippen LogP contribution is -1.99. The molecule has 0 aliphatic heterocycles. The number of carbonyl (C=O) groups excluding carboxylic acids is 1. The molecule has 1 aliphatic rings. The Morgan fingerprint density at radius 1 is 0.892 bits per heavy atom. The zero-order chi connectivity index (χ0) is 27.2. The number of phenolic OH excluding ortho intramolecular Hbond substituents is 1. The van der Waals surface area contributed by atoms with Gasteiger partial charge < -0.3 is 15.9 Å². The van der Waals surface area contributed by atoms with E-state index in [0.29, 0.717) is 10.6 Å². The minimum atomic E-state index is -0.0845. The summed E-state index contributed by atoms with van der Waals surface area (Å²) in [6.07, 6.45) is 8.29. The van der Waals surface area contributed by atoms with Gasteiger partial charge in [0.05, 0.1) is 0 Å². The lowest BCUT2D eigenvalue weighted by atomic mass is 9.91. The van der Waals surface area contributed by atoms with Gasteiger partial charge in [-0.25, -0.2) is 0 Å². The van der Waals surface area contributed by atoms with Crippen molar-refractivity contribution >= 4 is 27.2 Å². The van der Waals surface area contributed by atoms with Gasteiger partial charge >= 0.3 is 0 Å². The average molecular weight is 520 g/mol. The molecule has 0 amide bonds. The van der Waals surface area contributed by atoms with Crippen LogP contribution in [0.25, 0.3) is 21.2 Å². The molecule has 0 bridgehead atoms. The number of hydrogen-bond donors (Lipinski definition) is 3. The second-order valence-corrected chi connectivity index (χ2v) is 10.2. The summed E-state index contributed by atoms with van der Waals surface area (Å²) in [6.45, 7) is 5.87. The van der Waals surface area contributed by atoms with Crippen LogP contribution in [0.4, 0.5) is 0 Å². The highest BCUT2D eigenvalue weighted by atomic mass is 32.1. The molecule has 4 nitrogen and oxygen atoms in total. The zero-order valence-corrected chi connectivity index (χ0v) is 23.4. The largest absolute Gasteiger partial charge is 0.508 e. The third-order valence-corrected chi connectivity index (χ3v) is 7.61. The maximum absolute atomic E-state index is 11.1. The fraction of sp³-hybridized carbons (Fsp3) is 0.344. The van der Waals surface area contributed by atoms with Crippen molar-refractivity contribution in [2.75, 3.05) is 7.05 Å². The van der Waals surface area contributed by atoms with E-state index >= 15 is 0 Å². The Labute approximate surface area is 225 Å². The fourth-order valence-corrected chi connectivity index (χ4v) is 5.25. The molecular weight excluding hydrogens is 478 g/mol. The van der Waals surface area contributed by atoms with Crippen LogP contribution in [0.5, 0.6) is 11.5 Å². The first-order valence-corrected chi connectivity index (χ1v) is 13.9. The highest BCUT2D eigenvalue weighted by Gasteiger charge is 2.13. The van der Waals surface area contributed by atoms with Gasteiger partial charge in [-0.2, -0.15) is 0 Å². The molecule has 1 aliphatic carbocycles. The van der Waals surface area contributed by atoms with Crippen LogP contribution in [0.3, 0.4) is 0 Å². The molecule has 0 unspecified atom stereocenters. The molecule has 1 fully saturated rings. The fourth-order valence-electron chi connectivity index (χ4n) is 4.26. The summed E-state index contributed by atoms with van der Waals surface area (Å²) in [5.74, 6) is 1.46. The number of nitrogens with two attached hydrogens (primary N) is 1. The Balaban J connectivity index is 0.000000199. The van der Waals surface area contributed by atoms with Crippen molar-refractivity contribution in [3.63, 3.8) is 0 Å². The average Bonchev–Trinajstić information content (AvgIpc) is 3.28. The van der Waals surface area contributed by atoms with Crippen molar-refractivity contribution < 1.29 is 15.0 Å². The van der Waals surface area contributed by atoms with Crippen LogP contribution in [-0.2, 0) is 6.42 Å². The van der Waals surface area contributed by atoms with Crippen molar-refractivity contribution in [3.8, 4) is 22.6 Å². The standard InChI is InChI=1S/C14H14O.C10H8O2S.C7H14.CH5N/c1-2-11-10-13(8-9-14(11)15)12-6-4-3-5-7-12;1-6(11)10-9(12)7-4-2-3-5-8(7)13-10;1-7-5-3-2-4-6-7;1-2/h3-10,15H,2H2,1H3;2-5,12H,1H3;7H,2-6H2,1H3;2H2,1H3. The molecule has 0 atom stereocenters. The summed E-state index contributed by atoms with van der Waals surface area (Å²) in [4.78, 5) is 11.5. The highest BCUT2D eigenvalue weighted by Crippen LogP contribution is 2.36. The summed E-state index contributed by atoms with van der Waals surface area (Å²) in [7, 11) is 1.50. The number of hydrogen-bond acceptors (Lipinski definition) is 5. The maximum Gasteiger partial charge on any atom is 0.173 e. The van der Waals surface area contributed by atoms with E-state index in [2.05, 4.69) is 24.8 Å². The Morgan fingerprint density at radius 2 is 1.51 bits per heavy atom. The monoisotopic (exact) mass is 519 g/mol. The predicted molar refractivity (Wildman–Crippen MR) is 159 cm³/mol. The van der Waals surface area contributed by atoms with Gasteiger partial charge in [-0.05, 0) is 60.3 Å². The Bertz CT molecular complexity index is 1230. The lowest BCUT2D eigenvalue weighted by Gasteiger charge is -2.15. The molecule has 198 valence electrons. The second kappa shape index (κ2) is 15.9. The van der Waals surface area contributed by atoms with Crippen molar-refractivity contribution in [2.24, 2.45) is 11.7 Å². The normalized spacial score (nSPS) is 12.8. The number of phenols is 1. The van der Waals surface area contributed by atoms with E-state index in [4.69, 9.17) is 0 Å². The number of rotatable bonds is 3. The van der Waals surface area contributed by atoms with Crippen molar-refractivity contribution in [1.82, 2.24) is 0 Å². The predicted octanol–water partition coefficient (Wildman–Crippen LogP) is 8.59. The van der Waals surface area contributed by atoms with Gasteiger partial charge in [0.2, 0.25) is 0 Å². The SMILES string of the molecule is CC(=O)c1sc2ccccc2c1O.CC1CCCCC1.CCc1cc(-c2ccccc2)ccc1O.CN. The first kappa shape index (κ1) is 30.1. The number of thiophene rings is 1. The summed E-state index contributed by atoms with van der Waals surface area (Å²) in [5, 5.41) is 20.0. The number of fused-ring (bicyclic) bond motifs is 1. The topological polar surface area (TPSA) is 83.5 Å². The van der Waals surface area contributed by atoms with Gasteiger partial charge in [-0.1, -0.05) is 94.5 Å². The van der Waals surface area contributed by atoms with Gasteiger partial charge in [0.1, 0.15) is 16.4 Å². The summed E-state index contributed by atoms with van der Waals surface area (Å²) < 4.78 is 0.949. The minimum Gasteiger partial charge on any atom is -0.508 e. The van der Waals surface area contributed by atoms with E-state index in [-0.39, 0.29) is 11.5 Å². The first-order chi connectivity index (χ1) is 17.9. The molecule has 3 aromatic carbocycles. The molecule has 0 radical (unpaired) electrons. The minimum absolute atomic E-state index is 0.0845. The van der Waals surface area contributed by atoms with E-state index < -0.39 is 0 Å². The molecule has 5 heteroatoms. The first-order valence-electron chi connectivity index (χ1n) is 13.1. The van der Waals surface area contributed by atoms with Crippen LogP contribution in [0.15, 0.2) is 72.8 Å². The lowest BCUT2D eigenvalue weighted by molar-refractivity contribution is 0.101. The van der Waals surface area contributed by atoms with Crippen LogP contribution in [0, 0.1) is 5.92 Å². The number of carbonyl (C=O) groups is 1. The Morgan fingerprint density at radius 3 is 2.05 bits per heavy atom. The van der Waals surface area contributed by atoms with E-state index in [1.165, 1.54) is 63.0 Å². The zero-order valence-electron chi connectivity index (χ0n) is 22.5. The summed E-state index contributed by atoms with van der Waals surface area (Å²) in [6, 6.07) is 23.4. The van der Waals surface area contributed by atoms with Gasteiger partial charge in [0.15, 0.2) is 5.78 Å². The molecule has 4 N–H and O–H groups in total.